The van der Waals surface area contributed by atoms with Gasteiger partial charge in [-0.1, -0.05) is 0 Å². The number of aromatic amines is 1. The van der Waals surface area contributed by atoms with Gasteiger partial charge in [0.2, 0.25) is 0 Å². The number of nitriles is 1. The number of fused-ring (bicyclic) bond motifs is 1. The van der Waals surface area contributed by atoms with Crippen LogP contribution in [0.1, 0.15) is 21.5 Å². The molecule has 0 atom stereocenters. The monoisotopic (exact) mass is 279 g/mol. The average molecular weight is 279 g/mol. The molecular formula is C16H10FN3O. The van der Waals surface area contributed by atoms with Crippen molar-refractivity contribution in [1.82, 2.24) is 4.98 Å². The van der Waals surface area contributed by atoms with Crippen molar-refractivity contribution in [1.29, 1.82) is 5.26 Å². The molecule has 3 N–H and O–H groups in total. The van der Waals surface area contributed by atoms with E-state index in [4.69, 9.17) is 11.0 Å². The molecule has 5 heteroatoms. The highest BCUT2D eigenvalue weighted by molar-refractivity contribution is 6.16. The molecular weight excluding hydrogens is 269 g/mol. The molecule has 0 bridgehead atoms. The fourth-order valence-corrected chi connectivity index (χ4v) is 2.24. The molecule has 1 aromatic heterocycles. The molecule has 0 saturated carbocycles. The van der Waals surface area contributed by atoms with Crippen LogP contribution in [-0.2, 0) is 0 Å². The van der Waals surface area contributed by atoms with Gasteiger partial charge in [-0.15, -0.1) is 0 Å². The molecule has 0 aliphatic rings. The van der Waals surface area contributed by atoms with Crippen LogP contribution < -0.4 is 5.73 Å². The Morgan fingerprint density at radius 1 is 1.19 bits per heavy atom. The fraction of sp³-hybridized carbons (Fsp3) is 0. The third-order valence-electron chi connectivity index (χ3n) is 3.29. The number of benzene rings is 2. The maximum Gasteiger partial charge on any atom is 0.198 e. The molecule has 3 rings (SSSR count). The van der Waals surface area contributed by atoms with Crippen molar-refractivity contribution in [3.63, 3.8) is 0 Å². The Kier molecular flexibility index (Phi) is 2.92. The van der Waals surface area contributed by atoms with Gasteiger partial charge in [0, 0.05) is 28.4 Å². The predicted molar refractivity (Wildman–Crippen MR) is 77.3 cm³/mol. The minimum absolute atomic E-state index is 0.0849. The maximum atomic E-state index is 13.8. The summed E-state index contributed by atoms with van der Waals surface area (Å²) in [7, 11) is 0. The second-order valence-electron chi connectivity index (χ2n) is 4.64. The largest absolute Gasteiger partial charge is 0.399 e. The van der Waals surface area contributed by atoms with E-state index in [1.165, 1.54) is 18.3 Å². The quantitative estimate of drug-likeness (QED) is 0.558. The number of anilines is 1. The standard InChI is InChI=1S/C16H10FN3O/c17-14-3-2-10(19)6-12(14)16(21)13-8-20-15-4-1-9(7-18)5-11(13)15/h1-6,8,20H,19H2. The number of ketones is 1. The second kappa shape index (κ2) is 4.76. The van der Waals surface area contributed by atoms with Crippen LogP contribution in [0.3, 0.4) is 0 Å². The number of nitrogen functional groups attached to an aromatic ring is 1. The van der Waals surface area contributed by atoms with Gasteiger partial charge in [-0.25, -0.2) is 4.39 Å². The zero-order valence-corrected chi connectivity index (χ0v) is 10.9. The summed E-state index contributed by atoms with van der Waals surface area (Å²) in [5.41, 5.74) is 7.30. The van der Waals surface area contributed by atoms with E-state index in [-0.39, 0.29) is 5.56 Å². The number of nitrogens with two attached hydrogens (primary N) is 1. The molecule has 4 nitrogen and oxygen atoms in total. The first kappa shape index (κ1) is 12.9. The lowest BCUT2D eigenvalue weighted by molar-refractivity contribution is 0.103. The van der Waals surface area contributed by atoms with E-state index in [0.717, 1.165) is 6.07 Å². The van der Waals surface area contributed by atoms with Crippen LogP contribution >= 0.6 is 0 Å². The SMILES string of the molecule is N#Cc1ccc2[nH]cc(C(=O)c3cc(N)ccc3F)c2c1. The molecule has 21 heavy (non-hydrogen) atoms. The van der Waals surface area contributed by atoms with Gasteiger partial charge in [-0.3, -0.25) is 4.79 Å². The number of H-pyrrole nitrogens is 1. The molecule has 0 saturated heterocycles. The zero-order chi connectivity index (χ0) is 15.0. The van der Waals surface area contributed by atoms with Gasteiger partial charge in [0.15, 0.2) is 5.78 Å². The number of hydrogen-bond acceptors (Lipinski definition) is 3. The molecule has 0 unspecified atom stereocenters. The molecule has 0 fully saturated rings. The van der Waals surface area contributed by atoms with Gasteiger partial charge in [-0.05, 0) is 36.4 Å². The normalized spacial score (nSPS) is 10.5. The summed E-state index contributed by atoms with van der Waals surface area (Å²) in [6, 6.07) is 10.8. The molecule has 0 aliphatic heterocycles. The number of nitrogens with zero attached hydrogens (tertiary/aromatic N) is 1. The predicted octanol–water partition coefficient (Wildman–Crippen LogP) is 2.99. The Morgan fingerprint density at radius 3 is 2.76 bits per heavy atom. The molecule has 1 heterocycles. The first-order valence-corrected chi connectivity index (χ1v) is 6.21. The number of carbonyl (C=O) groups is 1. The number of carbonyl (C=O) groups excluding carboxylic acids is 1. The highest BCUT2D eigenvalue weighted by atomic mass is 19.1. The van der Waals surface area contributed by atoms with Crippen molar-refractivity contribution in [2.45, 2.75) is 0 Å². The van der Waals surface area contributed by atoms with Gasteiger partial charge < -0.3 is 10.7 Å². The maximum absolute atomic E-state index is 13.8. The zero-order valence-electron chi connectivity index (χ0n) is 10.9. The van der Waals surface area contributed by atoms with Crippen molar-refractivity contribution in [2.24, 2.45) is 0 Å². The minimum Gasteiger partial charge on any atom is -0.399 e. The summed E-state index contributed by atoms with van der Waals surface area (Å²) in [6.07, 6.45) is 1.51. The van der Waals surface area contributed by atoms with Gasteiger partial charge in [0.05, 0.1) is 17.2 Å². The topological polar surface area (TPSA) is 82.7 Å². The Morgan fingerprint density at radius 2 is 2.00 bits per heavy atom. The molecule has 2 aromatic carbocycles. The van der Waals surface area contributed by atoms with Crippen molar-refractivity contribution in [3.05, 3.63) is 65.1 Å². The Labute approximate surface area is 119 Å². The van der Waals surface area contributed by atoms with Crippen molar-refractivity contribution < 1.29 is 9.18 Å². The number of rotatable bonds is 2. The van der Waals surface area contributed by atoms with Crippen LogP contribution in [0.2, 0.25) is 0 Å². The Balaban J connectivity index is 2.18. The summed E-state index contributed by atoms with van der Waals surface area (Å²) in [4.78, 5) is 15.4. The highest BCUT2D eigenvalue weighted by Gasteiger charge is 2.18. The molecule has 102 valence electrons. The number of halogens is 1. The minimum atomic E-state index is -0.625. The number of hydrogen-bond donors (Lipinski definition) is 2. The van der Waals surface area contributed by atoms with E-state index < -0.39 is 11.6 Å². The first-order chi connectivity index (χ1) is 10.1. The number of nitrogens with one attached hydrogen (secondary N) is 1. The Bertz CT molecular complexity index is 906. The molecule has 0 radical (unpaired) electrons. The average Bonchev–Trinajstić information content (AvgIpc) is 2.91. The van der Waals surface area contributed by atoms with Crippen LogP contribution in [0.4, 0.5) is 10.1 Å². The van der Waals surface area contributed by atoms with E-state index in [1.807, 2.05) is 6.07 Å². The van der Waals surface area contributed by atoms with Crippen LogP contribution in [-0.4, -0.2) is 10.8 Å². The van der Waals surface area contributed by atoms with Crippen molar-refractivity contribution >= 4 is 22.4 Å². The summed E-state index contributed by atoms with van der Waals surface area (Å²) >= 11 is 0. The molecule has 0 spiro atoms. The third kappa shape index (κ3) is 2.13. The summed E-state index contributed by atoms with van der Waals surface area (Å²) in [5.74, 6) is -1.10. The fourth-order valence-electron chi connectivity index (χ4n) is 2.24. The summed E-state index contributed by atoms with van der Waals surface area (Å²) in [5, 5.41) is 9.52. The van der Waals surface area contributed by atoms with Crippen molar-refractivity contribution in [2.75, 3.05) is 5.73 Å². The summed E-state index contributed by atoms with van der Waals surface area (Å²) in [6.45, 7) is 0. The molecule has 3 aromatic rings. The van der Waals surface area contributed by atoms with E-state index in [1.54, 1.807) is 18.2 Å². The van der Waals surface area contributed by atoms with Gasteiger partial charge in [0.25, 0.3) is 0 Å². The van der Waals surface area contributed by atoms with E-state index in [2.05, 4.69) is 4.98 Å². The first-order valence-electron chi connectivity index (χ1n) is 6.21. The number of aromatic nitrogens is 1. The van der Waals surface area contributed by atoms with Crippen LogP contribution in [0.5, 0.6) is 0 Å². The lowest BCUT2D eigenvalue weighted by Gasteiger charge is -2.03. The van der Waals surface area contributed by atoms with Crippen LogP contribution in [0.25, 0.3) is 10.9 Å². The van der Waals surface area contributed by atoms with Gasteiger partial charge in [-0.2, -0.15) is 5.26 Å². The lowest BCUT2D eigenvalue weighted by Crippen LogP contribution is -2.04. The van der Waals surface area contributed by atoms with E-state index >= 15 is 0 Å². The summed E-state index contributed by atoms with van der Waals surface area (Å²) < 4.78 is 13.8. The lowest BCUT2D eigenvalue weighted by atomic mass is 10.0. The van der Waals surface area contributed by atoms with Gasteiger partial charge >= 0.3 is 0 Å². The molecule has 0 amide bonds. The van der Waals surface area contributed by atoms with E-state index in [9.17, 15) is 9.18 Å². The van der Waals surface area contributed by atoms with E-state index in [0.29, 0.717) is 27.7 Å². The molecule has 0 aliphatic carbocycles. The Hall–Kier alpha value is -3.13. The second-order valence-corrected chi connectivity index (χ2v) is 4.64. The van der Waals surface area contributed by atoms with Crippen LogP contribution in [0, 0.1) is 17.1 Å². The van der Waals surface area contributed by atoms with Gasteiger partial charge in [0.1, 0.15) is 5.82 Å². The third-order valence-corrected chi connectivity index (χ3v) is 3.29. The smallest absolute Gasteiger partial charge is 0.198 e. The van der Waals surface area contributed by atoms with Crippen LogP contribution in [0.15, 0.2) is 42.6 Å². The highest BCUT2D eigenvalue weighted by Crippen LogP contribution is 2.24. The van der Waals surface area contributed by atoms with Crippen molar-refractivity contribution in [3.8, 4) is 6.07 Å².